The number of carbonyl (C=O) groups is 4. The van der Waals surface area contributed by atoms with Crippen LogP contribution in [0.4, 0.5) is 0 Å². The highest BCUT2D eigenvalue weighted by Gasteiger charge is 2.22. The lowest BCUT2D eigenvalue weighted by molar-refractivity contribution is -0.140. The molecule has 0 radical (unpaired) electrons. The standard InChI is InChI=1S/C38H59NO17/c40-35-6-7-36(41)39(35)8-9-44-10-11-45-12-13-46-14-15-47-16-17-48-18-19-49-20-21-50-22-23-51-24-25-52-26-27-53-28-29-54-30-31-55-32-33-56-38(43)37(42)34-4-2-1-3-5-34/h1-7H,8-33H2. The summed E-state index contributed by atoms with van der Waals surface area (Å²) in [6.07, 6.45) is 2.50. The Labute approximate surface area is 328 Å². The van der Waals surface area contributed by atoms with Gasteiger partial charge in [0.15, 0.2) is 0 Å². The Morgan fingerprint density at radius 1 is 0.375 bits per heavy atom. The highest BCUT2D eigenvalue weighted by atomic mass is 16.6. The van der Waals surface area contributed by atoms with Crippen molar-refractivity contribution in [1.82, 2.24) is 4.90 Å². The summed E-state index contributed by atoms with van der Waals surface area (Å²) in [5, 5.41) is 0. The molecule has 0 spiro atoms. The third kappa shape index (κ3) is 27.4. The number of hydrogen-bond donors (Lipinski definition) is 0. The van der Waals surface area contributed by atoms with E-state index < -0.39 is 11.8 Å². The topological polar surface area (TPSA) is 192 Å². The molecular formula is C38H59NO17. The van der Waals surface area contributed by atoms with Gasteiger partial charge in [-0.05, 0) is 0 Å². The second kappa shape index (κ2) is 36.1. The van der Waals surface area contributed by atoms with Crippen molar-refractivity contribution < 1.29 is 80.8 Å². The number of esters is 1. The Morgan fingerprint density at radius 3 is 0.946 bits per heavy atom. The fourth-order valence-corrected chi connectivity index (χ4v) is 4.29. The van der Waals surface area contributed by atoms with Crippen LogP contribution in [0.15, 0.2) is 42.5 Å². The van der Waals surface area contributed by atoms with E-state index in [1.165, 1.54) is 12.2 Å². The van der Waals surface area contributed by atoms with E-state index in [2.05, 4.69) is 0 Å². The average Bonchev–Trinajstić information content (AvgIpc) is 3.54. The fraction of sp³-hybridized carbons (Fsp3) is 0.684. The van der Waals surface area contributed by atoms with Crippen LogP contribution in [0.25, 0.3) is 0 Å². The molecule has 1 heterocycles. The molecule has 0 unspecified atom stereocenters. The summed E-state index contributed by atoms with van der Waals surface area (Å²) < 4.78 is 70.1. The number of amides is 2. The molecule has 0 saturated heterocycles. The molecule has 1 aromatic carbocycles. The van der Waals surface area contributed by atoms with E-state index in [0.717, 1.165) is 4.90 Å². The molecule has 2 rings (SSSR count). The highest BCUT2D eigenvalue weighted by Crippen LogP contribution is 2.03. The molecule has 1 aliphatic heterocycles. The number of ether oxygens (including phenoxy) is 13. The van der Waals surface area contributed by atoms with E-state index in [9.17, 15) is 19.2 Å². The van der Waals surface area contributed by atoms with E-state index >= 15 is 0 Å². The van der Waals surface area contributed by atoms with E-state index in [4.69, 9.17) is 61.6 Å². The Hall–Kier alpha value is -3.24. The second-order valence-corrected chi connectivity index (χ2v) is 11.3. The first kappa shape index (κ1) is 48.9. The van der Waals surface area contributed by atoms with Crippen molar-refractivity contribution in [3.63, 3.8) is 0 Å². The summed E-state index contributed by atoms with van der Waals surface area (Å²) in [5.74, 6) is -2.21. The number of imide groups is 1. The van der Waals surface area contributed by atoms with Gasteiger partial charge in [-0.1, -0.05) is 30.3 Å². The first-order valence-corrected chi connectivity index (χ1v) is 18.8. The maximum atomic E-state index is 11.9. The summed E-state index contributed by atoms with van der Waals surface area (Å²) in [6, 6.07) is 8.24. The lowest BCUT2D eigenvalue weighted by atomic mass is 10.1. The summed E-state index contributed by atoms with van der Waals surface area (Å²) >= 11 is 0. The minimum absolute atomic E-state index is 0.0108. The lowest BCUT2D eigenvalue weighted by Gasteiger charge is -2.13. The molecule has 1 aliphatic rings. The van der Waals surface area contributed by atoms with Crippen molar-refractivity contribution in [2.24, 2.45) is 0 Å². The fourth-order valence-electron chi connectivity index (χ4n) is 4.29. The van der Waals surface area contributed by atoms with Gasteiger partial charge in [-0.2, -0.15) is 0 Å². The number of carbonyl (C=O) groups excluding carboxylic acids is 4. The van der Waals surface area contributed by atoms with Gasteiger partial charge in [0.25, 0.3) is 17.6 Å². The van der Waals surface area contributed by atoms with Crippen LogP contribution in [-0.2, 0) is 76.0 Å². The summed E-state index contributed by atoms with van der Waals surface area (Å²) in [4.78, 5) is 47.6. The largest absolute Gasteiger partial charge is 0.457 e. The van der Waals surface area contributed by atoms with Crippen molar-refractivity contribution in [1.29, 1.82) is 0 Å². The average molecular weight is 802 g/mol. The van der Waals surface area contributed by atoms with Gasteiger partial charge in [0.1, 0.15) is 6.61 Å². The minimum atomic E-state index is -0.904. The number of hydrogen-bond acceptors (Lipinski definition) is 17. The van der Waals surface area contributed by atoms with Crippen molar-refractivity contribution >= 4 is 23.6 Å². The van der Waals surface area contributed by atoms with E-state index in [0.29, 0.717) is 145 Å². The minimum Gasteiger partial charge on any atom is -0.457 e. The molecule has 0 saturated carbocycles. The molecule has 18 heteroatoms. The van der Waals surface area contributed by atoms with Crippen LogP contribution in [-0.4, -0.2) is 200 Å². The summed E-state index contributed by atoms with van der Waals surface area (Å²) in [6.45, 7) is 10.3. The third-order valence-corrected chi connectivity index (χ3v) is 7.13. The second-order valence-electron chi connectivity index (χ2n) is 11.3. The predicted molar refractivity (Wildman–Crippen MR) is 197 cm³/mol. The quantitative estimate of drug-likeness (QED) is 0.0293. The maximum Gasteiger partial charge on any atom is 0.379 e. The number of rotatable bonds is 41. The van der Waals surface area contributed by atoms with Gasteiger partial charge in [-0.15, -0.1) is 0 Å². The van der Waals surface area contributed by atoms with E-state index in [1.54, 1.807) is 30.3 Å². The molecule has 0 aliphatic carbocycles. The molecule has 2 amide bonds. The number of ketones is 1. The van der Waals surface area contributed by atoms with Gasteiger partial charge in [0.2, 0.25) is 0 Å². The van der Waals surface area contributed by atoms with E-state index in [-0.39, 0.29) is 43.7 Å². The van der Waals surface area contributed by atoms with Gasteiger partial charge in [0, 0.05) is 17.7 Å². The molecule has 1 aromatic rings. The van der Waals surface area contributed by atoms with Gasteiger partial charge < -0.3 is 61.6 Å². The molecule has 0 N–H and O–H groups in total. The molecular weight excluding hydrogens is 742 g/mol. The summed E-state index contributed by atoms with van der Waals surface area (Å²) in [5.41, 5.74) is 0.289. The zero-order chi connectivity index (χ0) is 40.0. The Bertz CT molecular complexity index is 1150. The predicted octanol–water partition coefficient (Wildman–Crippen LogP) is 0.537. The van der Waals surface area contributed by atoms with Crippen LogP contribution in [0.1, 0.15) is 10.4 Å². The van der Waals surface area contributed by atoms with Crippen molar-refractivity contribution in [3.05, 3.63) is 48.0 Å². The molecule has 18 nitrogen and oxygen atoms in total. The van der Waals surface area contributed by atoms with Crippen LogP contribution < -0.4 is 0 Å². The SMILES string of the molecule is O=C(OCCOCCOCCOCCOCCOCCOCCOCCOCCOCCOCCOCCOCCN1C(=O)C=CC1=O)C(=O)c1ccccc1. The smallest absolute Gasteiger partial charge is 0.379 e. The molecule has 0 bridgehead atoms. The molecule has 0 atom stereocenters. The maximum absolute atomic E-state index is 11.9. The highest BCUT2D eigenvalue weighted by molar-refractivity contribution is 6.40. The van der Waals surface area contributed by atoms with E-state index in [1.807, 2.05) is 0 Å². The van der Waals surface area contributed by atoms with Gasteiger partial charge in [-0.25, -0.2) is 4.79 Å². The van der Waals surface area contributed by atoms with Crippen molar-refractivity contribution in [2.75, 3.05) is 172 Å². The zero-order valence-corrected chi connectivity index (χ0v) is 32.3. The Kier molecular flexibility index (Phi) is 31.5. The van der Waals surface area contributed by atoms with Crippen molar-refractivity contribution in [2.45, 2.75) is 0 Å². The van der Waals surface area contributed by atoms with Gasteiger partial charge >= 0.3 is 5.97 Å². The zero-order valence-electron chi connectivity index (χ0n) is 32.3. The summed E-state index contributed by atoms with van der Waals surface area (Å²) in [7, 11) is 0. The van der Waals surface area contributed by atoms with Crippen LogP contribution in [0, 0.1) is 0 Å². The van der Waals surface area contributed by atoms with Crippen LogP contribution in [0.3, 0.4) is 0 Å². The first-order chi connectivity index (χ1) is 27.6. The van der Waals surface area contributed by atoms with Gasteiger partial charge in [-0.3, -0.25) is 19.3 Å². The first-order valence-electron chi connectivity index (χ1n) is 18.8. The van der Waals surface area contributed by atoms with Crippen LogP contribution in [0.5, 0.6) is 0 Å². The number of nitrogens with zero attached hydrogens (tertiary/aromatic N) is 1. The number of Topliss-reactive ketones (excluding diaryl/α,β-unsaturated/α-hetero) is 1. The number of benzene rings is 1. The lowest BCUT2D eigenvalue weighted by Crippen LogP contribution is -2.33. The monoisotopic (exact) mass is 801 g/mol. The molecule has 0 aromatic heterocycles. The molecule has 318 valence electrons. The third-order valence-electron chi connectivity index (χ3n) is 7.13. The van der Waals surface area contributed by atoms with Crippen LogP contribution in [0.2, 0.25) is 0 Å². The molecule has 0 fully saturated rings. The Morgan fingerprint density at radius 2 is 0.643 bits per heavy atom. The Balaban J connectivity index is 1.14. The van der Waals surface area contributed by atoms with Crippen LogP contribution >= 0.6 is 0 Å². The van der Waals surface area contributed by atoms with Crippen molar-refractivity contribution in [3.8, 4) is 0 Å². The normalized spacial score (nSPS) is 12.6. The van der Waals surface area contributed by atoms with Gasteiger partial charge in [0.05, 0.1) is 165 Å². The molecule has 56 heavy (non-hydrogen) atoms.